The number of aromatic amines is 1. The average Bonchev–Trinajstić information content (AvgIpc) is 2.59. The third-order valence-electron chi connectivity index (χ3n) is 2.44. The molecule has 1 aliphatic rings. The second-order valence-corrected chi connectivity index (χ2v) is 4.01. The molecular weight excluding hydrogens is 178 g/mol. The molecule has 0 aromatic carbocycles. The molecule has 2 rings (SSSR count). The Bertz CT molecular complexity index is 354. The van der Waals surface area contributed by atoms with Crippen molar-refractivity contribution in [2.45, 2.75) is 39.2 Å². The number of carbonyl (C=O) groups is 1. The van der Waals surface area contributed by atoms with Gasteiger partial charge in [0.2, 0.25) is 0 Å². The van der Waals surface area contributed by atoms with Crippen LogP contribution in [0.4, 0.5) is 0 Å². The summed E-state index contributed by atoms with van der Waals surface area (Å²) in [4.78, 5) is 11.7. The van der Waals surface area contributed by atoms with Crippen LogP contribution in [0.2, 0.25) is 0 Å². The van der Waals surface area contributed by atoms with Gasteiger partial charge in [-0.2, -0.15) is 5.10 Å². The summed E-state index contributed by atoms with van der Waals surface area (Å²) in [5.41, 5.74) is 2.84. The highest BCUT2D eigenvalue weighted by molar-refractivity contribution is 5.94. The average molecular weight is 193 g/mol. The number of nitrogens with zero attached hydrogens (tertiary/aromatic N) is 1. The van der Waals surface area contributed by atoms with Crippen LogP contribution in [-0.4, -0.2) is 22.1 Å². The molecule has 0 saturated heterocycles. The van der Waals surface area contributed by atoms with Gasteiger partial charge in [0.1, 0.15) is 0 Å². The lowest BCUT2D eigenvalue weighted by Crippen LogP contribution is -2.31. The summed E-state index contributed by atoms with van der Waals surface area (Å²) in [5.74, 6) is -0.0561. The van der Waals surface area contributed by atoms with Crippen LogP contribution in [0, 0.1) is 0 Å². The van der Waals surface area contributed by atoms with Crippen molar-refractivity contribution in [1.82, 2.24) is 15.5 Å². The van der Waals surface area contributed by atoms with E-state index in [-0.39, 0.29) is 11.9 Å². The van der Waals surface area contributed by atoms with E-state index in [4.69, 9.17) is 0 Å². The van der Waals surface area contributed by atoms with E-state index in [0.29, 0.717) is 5.69 Å². The molecule has 4 heteroatoms. The third kappa shape index (κ3) is 1.52. The first kappa shape index (κ1) is 9.24. The molecule has 0 atom stereocenters. The molecule has 0 spiro atoms. The van der Waals surface area contributed by atoms with Crippen molar-refractivity contribution >= 4 is 5.91 Å². The van der Waals surface area contributed by atoms with E-state index in [1.165, 1.54) is 0 Å². The second-order valence-electron chi connectivity index (χ2n) is 4.01. The fourth-order valence-corrected chi connectivity index (χ4v) is 1.84. The van der Waals surface area contributed by atoms with E-state index in [0.717, 1.165) is 30.5 Å². The first-order valence-electron chi connectivity index (χ1n) is 5.05. The van der Waals surface area contributed by atoms with Crippen LogP contribution in [0.5, 0.6) is 0 Å². The van der Waals surface area contributed by atoms with Gasteiger partial charge in [0.05, 0.1) is 0 Å². The van der Waals surface area contributed by atoms with Gasteiger partial charge in [0, 0.05) is 17.3 Å². The van der Waals surface area contributed by atoms with Crippen molar-refractivity contribution < 1.29 is 4.79 Å². The zero-order valence-corrected chi connectivity index (χ0v) is 8.55. The summed E-state index contributed by atoms with van der Waals surface area (Å²) in [5, 5.41) is 9.84. The number of carbonyl (C=O) groups excluding carboxylic acids is 1. The summed E-state index contributed by atoms with van der Waals surface area (Å²) < 4.78 is 0. The monoisotopic (exact) mass is 193 g/mol. The highest BCUT2D eigenvalue weighted by Crippen LogP contribution is 2.22. The Labute approximate surface area is 83.1 Å². The second kappa shape index (κ2) is 3.44. The zero-order valence-electron chi connectivity index (χ0n) is 8.55. The Morgan fingerprint density at radius 1 is 1.50 bits per heavy atom. The first-order chi connectivity index (χ1) is 6.68. The van der Waals surface area contributed by atoms with Crippen LogP contribution in [0.1, 0.15) is 42.0 Å². The van der Waals surface area contributed by atoms with Crippen LogP contribution in [0.15, 0.2) is 0 Å². The number of aryl methyl sites for hydroxylation is 1. The Hall–Kier alpha value is -1.32. The maximum Gasteiger partial charge on any atom is 0.272 e. The smallest absolute Gasteiger partial charge is 0.272 e. The van der Waals surface area contributed by atoms with E-state index >= 15 is 0 Å². The minimum Gasteiger partial charge on any atom is -0.348 e. The number of rotatable bonds is 2. The van der Waals surface area contributed by atoms with E-state index < -0.39 is 0 Å². The normalized spacial score (nSPS) is 14.5. The predicted molar refractivity (Wildman–Crippen MR) is 53.2 cm³/mol. The van der Waals surface area contributed by atoms with Gasteiger partial charge in [0.25, 0.3) is 5.91 Å². The van der Waals surface area contributed by atoms with E-state index in [9.17, 15) is 4.79 Å². The summed E-state index contributed by atoms with van der Waals surface area (Å²) in [6, 6.07) is 0.163. The molecule has 0 unspecified atom stereocenters. The Balaban J connectivity index is 2.20. The molecule has 2 N–H and O–H groups in total. The molecule has 0 fully saturated rings. The zero-order chi connectivity index (χ0) is 10.1. The maximum absolute atomic E-state index is 11.7. The lowest BCUT2D eigenvalue weighted by molar-refractivity contribution is 0.0937. The molecule has 1 aromatic heterocycles. The molecule has 0 bridgehead atoms. The largest absolute Gasteiger partial charge is 0.348 e. The first-order valence-corrected chi connectivity index (χ1v) is 5.05. The molecule has 1 aliphatic carbocycles. The van der Waals surface area contributed by atoms with Crippen LogP contribution in [-0.2, 0) is 12.8 Å². The van der Waals surface area contributed by atoms with Crippen molar-refractivity contribution in [3.05, 3.63) is 17.0 Å². The van der Waals surface area contributed by atoms with Gasteiger partial charge in [-0.05, 0) is 33.1 Å². The van der Waals surface area contributed by atoms with E-state index in [2.05, 4.69) is 15.5 Å². The van der Waals surface area contributed by atoms with Gasteiger partial charge in [-0.3, -0.25) is 9.89 Å². The van der Waals surface area contributed by atoms with Gasteiger partial charge < -0.3 is 5.32 Å². The number of aromatic nitrogens is 2. The molecule has 14 heavy (non-hydrogen) atoms. The van der Waals surface area contributed by atoms with Crippen molar-refractivity contribution in [3.63, 3.8) is 0 Å². The van der Waals surface area contributed by atoms with Gasteiger partial charge in [-0.15, -0.1) is 0 Å². The Morgan fingerprint density at radius 3 is 3.00 bits per heavy atom. The fourth-order valence-electron chi connectivity index (χ4n) is 1.84. The van der Waals surface area contributed by atoms with Crippen LogP contribution < -0.4 is 5.32 Å². The Morgan fingerprint density at radius 2 is 2.29 bits per heavy atom. The van der Waals surface area contributed by atoms with Crippen LogP contribution >= 0.6 is 0 Å². The highest BCUT2D eigenvalue weighted by atomic mass is 16.2. The number of hydrogen-bond donors (Lipinski definition) is 2. The summed E-state index contributed by atoms with van der Waals surface area (Å²) >= 11 is 0. The molecule has 76 valence electrons. The van der Waals surface area contributed by atoms with Crippen molar-refractivity contribution in [2.24, 2.45) is 0 Å². The van der Waals surface area contributed by atoms with E-state index in [1.54, 1.807) is 0 Å². The number of H-pyrrole nitrogens is 1. The minimum atomic E-state index is -0.0561. The molecular formula is C10H15N3O. The molecule has 4 nitrogen and oxygen atoms in total. The predicted octanol–water partition coefficient (Wildman–Crippen LogP) is 1.04. The van der Waals surface area contributed by atoms with Gasteiger partial charge in [-0.1, -0.05) is 0 Å². The summed E-state index contributed by atoms with van der Waals surface area (Å²) in [7, 11) is 0. The molecule has 0 saturated carbocycles. The van der Waals surface area contributed by atoms with Gasteiger partial charge >= 0.3 is 0 Å². The van der Waals surface area contributed by atoms with Crippen LogP contribution in [0.25, 0.3) is 0 Å². The molecule has 0 aliphatic heterocycles. The van der Waals surface area contributed by atoms with Crippen molar-refractivity contribution in [3.8, 4) is 0 Å². The standard InChI is InChI=1S/C10H15N3O/c1-6(2)11-10(14)9-7-4-3-5-8(7)12-13-9/h6H,3-5H2,1-2H3,(H,11,14)(H,12,13). The highest BCUT2D eigenvalue weighted by Gasteiger charge is 2.22. The topological polar surface area (TPSA) is 57.8 Å². The lowest BCUT2D eigenvalue weighted by atomic mass is 10.2. The summed E-state index contributed by atoms with van der Waals surface area (Å²) in [6.45, 7) is 3.90. The summed E-state index contributed by atoms with van der Waals surface area (Å²) in [6.07, 6.45) is 3.13. The maximum atomic E-state index is 11.7. The molecule has 1 aromatic rings. The van der Waals surface area contributed by atoms with E-state index in [1.807, 2.05) is 13.8 Å². The molecule has 1 heterocycles. The van der Waals surface area contributed by atoms with Crippen molar-refractivity contribution in [2.75, 3.05) is 0 Å². The molecule has 1 amide bonds. The van der Waals surface area contributed by atoms with Gasteiger partial charge in [0.15, 0.2) is 5.69 Å². The Kier molecular flexibility index (Phi) is 2.27. The SMILES string of the molecule is CC(C)NC(=O)c1n[nH]c2c1CCC2. The number of hydrogen-bond acceptors (Lipinski definition) is 2. The minimum absolute atomic E-state index is 0.0561. The number of amides is 1. The molecule has 0 radical (unpaired) electrons. The lowest BCUT2D eigenvalue weighted by Gasteiger charge is -2.06. The van der Waals surface area contributed by atoms with Crippen molar-refractivity contribution in [1.29, 1.82) is 0 Å². The third-order valence-corrected chi connectivity index (χ3v) is 2.44. The quantitative estimate of drug-likeness (QED) is 0.737. The van der Waals surface area contributed by atoms with Gasteiger partial charge in [-0.25, -0.2) is 0 Å². The fraction of sp³-hybridized carbons (Fsp3) is 0.600. The van der Waals surface area contributed by atoms with Crippen LogP contribution in [0.3, 0.4) is 0 Å². The number of fused-ring (bicyclic) bond motifs is 1. The number of nitrogens with one attached hydrogen (secondary N) is 2.